The van der Waals surface area contributed by atoms with Gasteiger partial charge in [0.05, 0.1) is 6.26 Å². The average Bonchev–Trinajstić information content (AvgIpc) is 2.60. The number of carbonyl (C=O) groups is 1. The molecule has 5 nitrogen and oxygen atoms in total. The molecule has 1 heterocycles. The van der Waals surface area contributed by atoms with Gasteiger partial charge in [-0.25, -0.2) is 0 Å². The minimum atomic E-state index is -0.328. The van der Waals surface area contributed by atoms with Gasteiger partial charge in [0.15, 0.2) is 0 Å². The van der Waals surface area contributed by atoms with E-state index in [0.717, 1.165) is 11.3 Å². The molecule has 1 atom stereocenters. The van der Waals surface area contributed by atoms with E-state index in [9.17, 15) is 4.79 Å². The third-order valence-electron chi connectivity index (χ3n) is 2.72. The first kappa shape index (κ1) is 12.7. The summed E-state index contributed by atoms with van der Waals surface area (Å²) in [4.78, 5) is 12.9. The van der Waals surface area contributed by atoms with Gasteiger partial charge in [0.25, 0.3) is 0 Å². The summed E-state index contributed by atoms with van der Waals surface area (Å²) in [6.45, 7) is 3.03. The van der Waals surface area contributed by atoms with Crippen molar-refractivity contribution < 1.29 is 9.21 Å². The van der Waals surface area contributed by atoms with Crippen molar-refractivity contribution in [2.75, 3.05) is 13.6 Å². The van der Waals surface area contributed by atoms with E-state index in [1.807, 2.05) is 24.9 Å². The Balaban J connectivity index is 2.59. The summed E-state index contributed by atoms with van der Waals surface area (Å²) >= 11 is 0. The molecule has 5 heteroatoms. The minimum absolute atomic E-state index is 0.0215. The van der Waals surface area contributed by atoms with E-state index >= 15 is 0 Å². The molecule has 1 aromatic heterocycles. The molecule has 0 saturated carbocycles. The Morgan fingerprint density at radius 2 is 2.31 bits per heavy atom. The molecule has 90 valence electrons. The molecule has 4 N–H and O–H groups in total. The van der Waals surface area contributed by atoms with Crippen LogP contribution < -0.4 is 11.5 Å². The zero-order valence-corrected chi connectivity index (χ0v) is 9.77. The Hall–Kier alpha value is -1.33. The molecule has 0 saturated heterocycles. The van der Waals surface area contributed by atoms with Gasteiger partial charge in [0, 0.05) is 31.1 Å². The SMILES string of the molecule is Cc1occc1CN(C)C(CN)CC(N)=O. The summed E-state index contributed by atoms with van der Waals surface area (Å²) in [7, 11) is 1.92. The number of hydrogen-bond acceptors (Lipinski definition) is 4. The fraction of sp³-hybridized carbons (Fsp3) is 0.545. The molecule has 0 aliphatic rings. The minimum Gasteiger partial charge on any atom is -0.469 e. The van der Waals surface area contributed by atoms with Crippen molar-refractivity contribution in [1.82, 2.24) is 4.90 Å². The zero-order valence-electron chi connectivity index (χ0n) is 9.77. The molecule has 1 rings (SSSR count). The maximum atomic E-state index is 10.9. The number of likely N-dealkylation sites (N-methyl/N-ethyl adjacent to an activating group) is 1. The van der Waals surface area contributed by atoms with Gasteiger partial charge >= 0.3 is 0 Å². The van der Waals surface area contributed by atoms with Gasteiger partial charge in [0.2, 0.25) is 5.91 Å². The van der Waals surface area contributed by atoms with E-state index in [1.54, 1.807) is 6.26 Å². The Bertz CT molecular complexity index is 349. The second kappa shape index (κ2) is 5.67. The predicted molar refractivity (Wildman–Crippen MR) is 61.6 cm³/mol. The standard InChI is InChI=1S/C11H19N3O2/c1-8-9(3-4-16-8)7-14(2)10(6-12)5-11(13)15/h3-4,10H,5-7,12H2,1-2H3,(H2,13,15). The quantitative estimate of drug-likeness (QED) is 0.725. The van der Waals surface area contributed by atoms with Crippen LogP contribution in [0.3, 0.4) is 0 Å². The lowest BCUT2D eigenvalue weighted by Crippen LogP contribution is -2.40. The molecule has 0 aliphatic carbocycles. The van der Waals surface area contributed by atoms with Gasteiger partial charge in [-0.3, -0.25) is 9.69 Å². The van der Waals surface area contributed by atoms with Crippen LogP contribution in [0.2, 0.25) is 0 Å². The van der Waals surface area contributed by atoms with Crippen molar-refractivity contribution in [3.8, 4) is 0 Å². The third kappa shape index (κ3) is 3.36. The summed E-state index contributed by atoms with van der Waals surface area (Å²) in [5.41, 5.74) is 11.9. The van der Waals surface area contributed by atoms with Crippen molar-refractivity contribution in [2.24, 2.45) is 11.5 Å². The highest BCUT2D eigenvalue weighted by Gasteiger charge is 2.16. The maximum absolute atomic E-state index is 10.9. The van der Waals surface area contributed by atoms with Crippen molar-refractivity contribution >= 4 is 5.91 Å². The van der Waals surface area contributed by atoms with Crippen LogP contribution in [0.1, 0.15) is 17.7 Å². The van der Waals surface area contributed by atoms with E-state index in [0.29, 0.717) is 13.1 Å². The molecule has 1 unspecified atom stereocenters. The summed E-state index contributed by atoms with van der Waals surface area (Å²) in [5.74, 6) is 0.563. The molecule has 0 aliphatic heterocycles. The number of nitrogens with zero attached hydrogens (tertiary/aromatic N) is 1. The van der Waals surface area contributed by atoms with Crippen LogP contribution in [0.5, 0.6) is 0 Å². The van der Waals surface area contributed by atoms with Gasteiger partial charge < -0.3 is 15.9 Å². The Morgan fingerprint density at radius 1 is 1.62 bits per heavy atom. The van der Waals surface area contributed by atoms with Crippen molar-refractivity contribution in [1.29, 1.82) is 0 Å². The first-order valence-corrected chi connectivity index (χ1v) is 5.26. The highest BCUT2D eigenvalue weighted by atomic mass is 16.3. The number of rotatable bonds is 6. The molecular weight excluding hydrogens is 206 g/mol. The largest absolute Gasteiger partial charge is 0.469 e. The Morgan fingerprint density at radius 3 is 2.75 bits per heavy atom. The molecule has 1 amide bonds. The predicted octanol–water partition coefficient (Wildman–Crippen LogP) is 0.223. The summed E-state index contributed by atoms with van der Waals surface area (Å²) in [6.07, 6.45) is 1.94. The van der Waals surface area contributed by atoms with E-state index in [-0.39, 0.29) is 18.4 Å². The van der Waals surface area contributed by atoms with Crippen LogP contribution in [0, 0.1) is 6.92 Å². The number of nitrogens with two attached hydrogens (primary N) is 2. The van der Waals surface area contributed by atoms with Gasteiger partial charge in [-0.15, -0.1) is 0 Å². The number of furan rings is 1. The summed E-state index contributed by atoms with van der Waals surface area (Å²) in [5, 5.41) is 0. The molecule has 0 fully saturated rings. The number of hydrogen-bond donors (Lipinski definition) is 2. The molecule has 1 aromatic rings. The fourth-order valence-corrected chi connectivity index (χ4v) is 1.62. The van der Waals surface area contributed by atoms with E-state index < -0.39 is 0 Å². The van der Waals surface area contributed by atoms with Gasteiger partial charge in [0.1, 0.15) is 5.76 Å². The number of primary amides is 1. The van der Waals surface area contributed by atoms with Gasteiger partial charge in [-0.05, 0) is 20.0 Å². The zero-order chi connectivity index (χ0) is 12.1. The first-order chi connectivity index (χ1) is 7.54. The van der Waals surface area contributed by atoms with Crippen LogP contribution >= 0.6 is 0 Å². The lowest BCUT2D eigenvalue weighted by Gasteiger charge is -2.25. The van der Waals surface area contributed by atoms with Crippen LogP contribution in [-0.2, 0) is 11.3 Å². The van der Waals surface area contributed by atoms with E-state index in [1.165, 1.54) is 0 Å². The van der Waals surface area contributed by atoms with E-state index in [2.05, 4.69) is 0 Å². The topological polar surface area (TPSA) is 85.5 Å². The first-order valence-electron chi connectivity index (χ1n) is 5.26. The third-order valence-corrected chi connectivity index (χ3v) is 2.72. The Labute approximate surface area is 95.4 Å². The molecule has 16 heavy (non-hydrogen) atoms. The molecule has 0 aromatic carbocycles. The summed E-state index contributed by atoms with van der Waals surface area (Å²) < 4.78 is 5.21. The number of carbonyl (C=O) groups excluding carboxylic acids is 1. The molecule has 0 bridgehead atoms. The summed E-state index contributed by atoms with van der Waals surface area (Å²) in [6, 6.07) is 1.90. The molecule has 0 spiro atoms. The van der Waals surface area contributed by atoms with E-state index in [4.69, 9.17) is 15.9 Å². The fourth-order valence-electron chi connectivity index (χ4n) is 1.62. The van der Waals surface area contributed by atoms with Crippen LogP contribution in [0.15, 0.2) is 16.7 Å². The van der Waals surface area contributed by atoms with Crippen LogP contribution in [0.4, 0.5) is 0 Å². The molecular formula is C11H19N3O2. The smallest absolute Gasteiger partial charge is 0.219 e. The second-order valence-electron chi connectivity index (χ2n) is 3.98. The lowest BCUT2D eigenvalue weighted by molar-refractivity contribution is -0.119. The monoisotopic (exact) mass is 225 g/mol. The Kier molecular flexibility index (Phi) is 4.52. The molecule has 0 radical (unpaired) electrons. The maximum Gasteiger partial charge on any atom is 0.219 e. The second-order valence-corrected chi connectivity index (χ2v) is 3.98. The lowest BCUT2D eigenvalue weighted by atomic mass is 10.1. The van der Waals surface area contributed by atoms with Crippen LogP contribution in [-0.4, -0.2) is 30.4 Å². The highest BCUT2D eigenvalue weighted by molar-refractivity contribution is 5.74. The number of amides is 1. The van der Waals surface area contributed by atoms with Crippen molar-refractivity contribution in [2.45, 2.75) is 25.9 Å². The van der Waals surface area contributed by atoms with Crippen molar-refractivity contribution in [3.63, 3.8) is 0 Å². The van der Waals surface area contributed by atoms with Crippen LogP contribution in [0.25, 0.3) is 0 Å². The number of aryl methyl sites for hydroxylation is 1. The highest BCUT2D eigenvalue weighted by Crippen LogP contribution is 2.13. The normalized spacial score (nSPS) is 13.0. The van der Waals surface area contributed by atoms with Gasteiger partial charge in [-0.2, -0.15) is 0 Å². The van der Waals surface area contributed by atoms with Gasteiger partial charge in [-0.1, -0.05) is 0 Å². The average molecular weight is 225 g/mol. The van der Waals surface area contributed by atoms with Crippen molar-refractivity contribution in [3.05, 3.63) is 23.7 Å².